The lowest BCUT2D eigenvalue weighted by Crippen LogP contribution is -2.49. The second-order valence-corrected chi connectivity index (χ2v) is 5.91. The summed E-state index contributed by atoms with van der Waals surface area (Å²) < 4.78 is 13.8. The molecule has 106 valence electrons. The van der Waals surface area contributed by atoms with Crippen molar-refractivity contribution in [2.24, 2.45) is 0 Å². The average molecular weight is 264 g/mol. The van der Waals surface area contributed by atoms with Gasteiger partial charge in [-0.05, 0) is 51.7 Å². The zero-order chi connectivity index (χ0) is 13.3. The maximum absolute atomic E-state index is 6.09. The predicted molar refractivity (Wildman–Crippen MR) is 75.0 cm³/mol. The fourth-order valence-electron chi connectivity index (χ4n) is 3.28. The van der Waals surface area contributed by atoms with E-state index in [4.69, 9.17) is 9.47 Å². The summed E-state index contributed by atoms with van der Waals surface area (Å²) in [5, 5.41) is 0. The Morgan fingerprint density at radius 3 is 2.53 bits per heavy atom. The van der Waals surface area contributed by atoms with Crippen LogP contribution in [0.4, 0.5) is 0 Å². The van der Waals surface area contributed by atoms with Gasteiger partial charge >= 0.3 is 0 Å². The second kappa shape index (κ2) is 5.17. The molecule has 2 aliphatic rings. The molecule has 2 aliphatic heterocycles. The number of nitrogens with one attached hydrogen (secondary N) is 1. The van der Waals surface area contributed by atoms with E-state index in [0.29, 0.717) is 6.04 Å². The van der Waals surface area contributed by atoms with Gasteiger partial charge in [-0.1, -0.05) is 0 Å². The van der Waals surface area contributed by atoms with Crippen LogP contribution in [0.5, 0.6) is 0 Å². The lowest BCUT2D eigenvalue weighted by atomic mass is 9.84. The summed E-state index contributed by atoms with van der Waals surface area (Å²) >= 11 is 0. The van der Waals surface area contributed by atoms with E-state index >= 15 is 0 Å². The van der Waals surface area contributed by atoms with Crippen molar-refractivity contribution in [3.63, 3.8) is 0 Å². The molecule has 1 N–H and O–H groups in total. The molecule has 1 aromatic heterocycles. The average Bonchev–Trinajstić information content (AvgIpc) is 2.72. The van der Waals surface area contributed by atoms with Crippen LogP contribution in [0.2, 0.25) is 0 Å². The van der Waals surface area contributed by atoms with E-state index in [2.05, 4.69) is 36.1 Å². The van der Waals surface area contributed by atoms with Crippen LogP contribution in [-0.2, 0) is 9.47 Å². The highest BCUT2D eigenvalue weighted by Gasteiger charge is 2.39. The van der Waals surface area contributed by atoms with E-state index in [0.717, 1.165) is 45.5 Å². The summed E-state index contributed by atoms with van der Waals surface area (Å²) in [7, 11) is 0. The van der Waals surface area contributed by atoms with Crippen molar-refractivity contribution < 1.29 is 9.47 Å². The molecule has 0 radical (unpaired) electrons. The SMILES string of the molecule is Cc1ccc(C)n1NC1CCOC2(CCOCC2)C1. The summed E-state index contributed by atoms with van der Waals surface area (Å²) in [5.74, 6) is 0. The minimum absolute atomic E-state index is 0.0587. The molecule has 0 bridgehead atoms. The molecule has 3 heterocycles. The molecule has 4 nitrogen and oxygen atoms in total. The molecule has 0 aliphatic carbocycles. The standard InChI is InChI=1S/C15H24N2O2/c1-12-3-4-13(2)17(12)16-14-5-8-19-15(11-14)6-9-18-10-7-15/h3-4,14,16H,5-11H2,1-2H3. The van der Waals surface area contributed by atoms with E-state index in [1.54, 1.807) is 0 Å². The van der Waals surface area contributed by atoms with Gasteiger partial charge in [0.25, 0.3) is 0 Å². The number of hydrogen-bond acceptors (Lipinski definition) is 3. The third-order valence-corrected chi connectivity index (χ3v) is 4.48. The van der Waals surface area contributed by atoms with E-state index in [1.807, 2.05) is 0 Å². The fraction of sp³-hybridized carbons (Fsp3) is 0.733. The minimum atomic E-state index is 0.0587. The zero-order valence-electron chi connectivity index (χ0n) is 11.9. The highest BCUT2D eigenvalue weighted by Crippen LogP contribution is 2.34. The lowest BCUT2D eigenvalue weighted by Gasteiger charge is -2.43. The van der Waals surface area contributed by atoms with Gasteiger partial charge in [-0.15, -0.1) is 0 Å². The smallest absolute Gasteiger partial charge is 0.0746 e. The van der Waals surface area contributed by atoms with E-state index in [9.17, 15) is 0 Å². The van der Waals surface area contributed by atoms with Crippen molar-refractivity contribution in [1.82, 2.24) is 4.68 Å². The Morgan fingerprint density at radius 2 is 1.84 bits per heavy atom. The van der Waals surface area contributed by atoms with Crippen molar-refractivity contribution in [1.29, 1.82) is 0 Å². The van der Waals surface area contributed by atoms with Gasteiger partial charge in [0.15, 0.2) is 0 Å². The van der Waals surface area contributed by atoms with Crippen LogP contribution < -0.4 is 5.43 Å². The van der Waals surface area contributed by atoms with Crippen molar-refractivity contribution >= 4 is 0 Å². The Labute approximate surface area is 115 Å². The molecule has 2 saturated heterocycles. The van der Waals surface area contributed by atoms with Gasteiger partial charge in [-0.3, -0.25) is 4.68 Å². The maximum atomic E-state index is 6.09. The number of aromatic nitrogens is 1. The van der Waals surface area contributed by atoms with Crippen molar-refractivity contribution in [3.8, 4) is 0 Å². The van der Waals surface area contributed by atoms with Crippen LogP contribution in [0.3, 0.4) is 0 Å². The largest absolute Gasteiger partial charge is 0.381 e. The maximum Gasteiger partial charge on any atom is 0.0746 e. The summed E-state index contributed by atoms with van der Waals surface area (Å²) in [5.41, 5.74) is 6.26. The van der Waals surface area contributed by atoms with Crippen LogP contribution in [0, 0.1) is 13.8 Å². The number of nitrogens with zero attached hydrogens (tertiary/aromatic N) is 1. The summed E-state index contributed by atoms with van der Waals surface area (Å²) in [6.45, 7) is 6.83. The van der Waals surface area contributed by atoms with Gasteiger partial charge < -0.3 is 14.9 Å². The molecule has 4 heteroatoms. The lowest BCUT2D eigenvalue weighted by molar-refractivity contribution is -0.136. The van der Waals surface area contributed by atoms with Crippen molar-refractivity contribution in [2.45, 2.75) is 51.2 Å². The van der Waals surface area contributed by atoms with Gasteiger partial charge in [0, 0.05) is 37.3 Å². The van der Waals surface area contributed by atoms with Crippen LogP contribution in [0.15, 0.2) is 12.1 Å². The van der Waals surface area contributed by atoms with Crippen molar-refractivity contribution in [3.05, 3.63) is 23.5 Å². The van der Waals surface area contributed by atoms with Crippen LogP contribution in [0.1, 0.15) is 37.1 Å². The van der Waals surface area contributed by atoms with Gasteiger partial charge in [-0.25, -0.2) is 0 Å². The molecule has 1 aromatic rings. The normalized spacial score (nSPS) is 26.5. The van der Waals surface area contributed by atoms with E-state index in [-0.39, 0.29) is 5.60 Å². The number of ether oxygens (including phenoxy) is 2. The predicted octanol–water partition coefficient (Wildman–Crippen LogP) is 2.38. The monoisotopic (exact) mass is 264 g/mol. The Balaban J connectivity index is 1.68. The van der Waals surface area contributed by atoms with Gasteiger partial charge in [0.1, 0.15) is 0 Å². The Bertz CT molecular complexity index is 410. The third kappa shape index (κ3) is 2.65. The van der Waals surface area contributed by atoms with Gasteiger partial charge in [0.2, 0.25) is 0 Å². The highest BCUT2D eigenvalue weighted by molar-refractivity contribution is 5.16. The fourth-order valence-corrected chi connectivity index (χ4v) is 3.28. The molecule has 0 aromatic carbocycles. The number of aryl methyl sites for hydroxylation is 2. The summed E-state index contributed by atoms with van der Waals surface area (Å²) in [6, 6.07) is 4.81. The van der Waals surface area contributed by atoms with Gasteiger partial charge in [-0.2, -0.15) is 0 Å². The first kappa shape index (κ1) is 13.0. The van der Waals surface area contributed by atoms with Crippen LogP contribution >= 0.6 is 0 Å². The number of rotatable bonds is 2. The first-order valence-corrected chi connectivity index (χ1v) is 7.32. The summed E-state index contributed by atoms with van der Waals surface area (Å²) in [6.07, 6.45) is 4.25. The highest BCUT2D eigenvalue weighted by atomic mass is 16.5. The molecule has 1 spiro atoms. The molecular weight excluding hydrogens is 240 g/mol. The molecular formula is C15H24N2O2. The Kier molecular flexibility index (Phi) is 3.54. The van der Waals surface area contributed by atoms with E-state index in [1.165, 1.54) is 11.4 Å². The van der Waals surface area contributed by atoms with Gasteiger partial charge in [0.05, 0.1) is 5.60 Å². The molecule has 1 atom stereocenters. The quantitative estimate of drug-likeness (QED) is 0.891. The first-order valence-electron chi connectivity index (χ1n) is 7.32. The molecule has 2 fully saturated rings. The molecule has 3 rings (SSSR count). The molecule has 0 saturated carbocycles. The minimum Gasteiger partial charge on any atom is -0.381 e. The van der Waals surface area contributed by atoms with Crippen LogP contribution in [0.25, 0.3) is 0 Å². The molecule has 0 amide bonds. The van der Waals surface area contributed by atoms with E-state index < -0.39 is 0 Å². The molecule has 1 unspecified atom stereocenters. The zero-order valence-corrected chi connectivity index (χ0v) is 11.9. The Hall–Kier alpha value is -1.00. The van der Waals surface area contributed by atoms with Crippen molar-refractivity contribution in [2.75, 3.05) is 25.2 Å². The Morgan fingerprint density at radius 1 is 1.16 bits per heavy atom. The number of hydrogen-bond donors (Lipinski definition) is 1. The second-order valence-electron chi connectivity index (χ2n) is 5.91. The third-order valence-electron chi connectivity index (χ3n) is 4.48. The van der Waals surface area contributed by atoms with Crippen LogP contribution in [-0.4, -0.2) is 36.1 Å². The first-order chi connectivity index (χ1) is 9.19. The molecule has 19 heavy (non-hydrogen) atoms. The topological polar surface area (TPSA) is 35.4 Å². The summed E-state index contributed by atoms with van der Waals surface area (Å²) in [4.78, 5) is 0.